The predicted octanol–water partition coefficient (Wildman–Crippen LogP) is 2.11. The van der Waals surface area contributed by atoms with Crippen LogP contribution < -0.4 is 0 Å². The summed E-state index contributed by atoms with van der Waals surface area (Å²) in [6.45, 7) is 0.926. The van der Waals surface area contributed by atoms with Gasteiger partial charge in [-0.1, -0.05) is 18.2 Å². The highest BCUT2D eigenvalue weighted by molar-refractivity contribution is 5.80. The van der Waals surface area contributed by atoms with E-state index in [-0.39, 0.29) is 0 Å². The zero-order valence-electron chi connectivity index (χ0n) is 7.29. The number of hydrogen-bond acceptors (Lipinski definition) is 1. The number of ether oxygens (including phenoxy) is 1. The van der Waals surface area contributed by atoms with Gasteiger partial charge >= 0.3 is 0 Å². The molecule has 2 aromatic rings. The van der Waals surface area contributed by atoms with E-state index in [1.807, 2.05) is 0 Å². The number of rotatable bonds is 2. The van der Waals surface area contributed by atoms with Crippen LogP contribution in [0.2, 0.25) is 0 Å². The van der Waals surface area contributed by atoms with Gasteiger partial charge in [0.2, 0.25) is 0 Å². The lowest BCUT2D eigenvalue weighted by molar-refractivity contribution is 0.406. The maximum Gasteiger partial charge on any atom is 0.0864 e. The Labute approximate surface area is 76.5 Å². The zero-order chi connectivity index (χ0) is 8.67. The first kappa shape index (κ1) is 7.15. The molecule has 3 rings (SSSR count). The summed E-state index contributed by atoms with van der Waals surface area (Å²) in [5.41, 5.74) is 2.50. The number of epoxide rings is 1. The molecule has 1 aromatic heterocycles. The topological polar surface area (TPSA) is 28.3 Å². The van der Waals surface area contributed by atoms with Gasteiger partial charge in [0.15, 0.2) is 0 Å². The molecule has 1 fully saturated rings. The van der Waals surface area contributed by atoms with Crippen LogP contribution >= 0.6 is 0 Å². The highest BCUT2D eigenvalue weighted by Gasteiger charge is 2.23. The molecule has 2 heterocycles. The molecule has 13 heavy (non-hydrogen) atoms. The van der Waals surface area contributed by atoms with Crippen molar-refractivity contribution in [2.45, 2.75) is 12.5 Å². The van der Waals surface area contributed by atoms with Crippen molar-refractivity contribution in [2.75, 3.05) is 6.61 Å². The number of H-pyrrole nitrogens is 1. The minimum Gasteiger partial charge on any atom is -0.373 e. The van der Waals surface area contributed by atoms with Gasteiger partial charge in [-0.05, 0) is 17.5 Å². The Morgan fingerprint density at radius 1 is 1.38 bits per heavy atom. The van der Waals surface area contributed by atoms with E-state index >= 15 is 0 Å². The number of nitrogens with one attached hydrogen (secondary N) is 1. The van der Waals surface area contributed by atoms with Gasteiger partial charge in [-0.25, -0.2) is 0 Å². The molecule has 1 unspecified atom stereocenters. The van der Waals surface area contributed by atoms with Crippen LogP contribution in [0, 0.1) is 0 Å². The monoisotopic (exact) mass is 173 g/mol. The number of fused-ring (bicyclic) bond motifs is 1. The lowest BCUT2D eigenvalue weighted by Crippen LogP contribution is -1.91. The Morgan fingerprint density at radius 2 is 2.23 bits per heavy atom. The smallest absolute Gasteiger partial charge is 0.0864 e. The van der Waals surface area contributed by atoms with Crippen LogP contribution in [-0.4, -0.2) is 17.7 Å². The average Bonchev–Trinajstić information content (AvgIpc) is 2.85. The molecule has 1 N–H and O–H groups in total. The van der Waals surface area contributed by atoms with E-state index in [4.69, 9.17) is 4.74 Å². The van der Waals surface area contributed by atoms with Crippen molar-refractivity contribution in [3.63, 3.8) is 0 Å². The fourth-order valence-corrected chi connectivity index (χ4v) is 1.67. The highest BCUT2D eigenvalue weighted by atomic mass is 16.6. The number of para-hydroxylation sites is 1. The van der Waals surface area contributed by atoms with Crippen LogP contribution in [-0.2, 0) is 11.2 Å². The number of hydrogen-bond donors (Lipinski definition) is 1. The van der Waals surface area contributed by atoms with E-state index in [2.05, 4.69) is 35.3 Å². The van der Waals surface area contributed by atoms with E-state index in [9.17, 15) is 0 Å². The van der Waals surface area contributed by atoms with Gasteiger partial charge in [0.05, 0.1) is 12.7 Å². The van der Waals surface area contributed by atoms with Gasteiger partial charge in [-0.15, -0.1) is 0 Å². The SMILES string of the molecule is c1ccc2[nH]c(CC3CO3)cc2c1. The van der Waals surface area contributed by atoms with Crippen molar-refractivity contribution in [1.82, 2.24) is 4.98 Å². The van der Waals surface area contributed by atoms with Gasteiger partial charge in [0, 0.05) is 17.6 Å². The van der Waals surface area contributed by atoms with E-state index in [1.54, 1.807) is 0 Å². The molecule has 1 atom stereocenters. The van der Waals surface area contributed by atoms with Gasteiger partial charge in [-0.2, -0.15) is 0 Å². The average molecular weight is 173 g/mol. The minimum atomic E-state index is 0.466. The van der Waals surface area contributed by atoms with Crippen molar-refractivity contribution >= 4 is 10.9 Å². The van der Waals surface area contributed by atoms with Gasteiger partial charge in [0.25, 0.3) is 0 Å². The first-order chi connectivity index (χ1) is 6.42. The van der Waals surface area contributed by atoms with Crippen LogP contribution in [0.3, 0.4) is 0 Å². The summed E-state index contributed by atoms with van der Waals surface area (Å²) in [5.74, 6) is 0. The van der Waals surface area contributed by atoms with E-state index in [1.165, 1.54) is 16.6 Å². The largest absolute Gasteiger partial charge is 0.373 e. The predicted molar refractivity (Wildman–Crippen MR) is 51.7 cm³/mol. The van der Waals surface area contributed by atoms with E-state index in [0.717, 1.165) is 13.0 Å². The van der Waals surface area contributed by atoms with Crippen LogP contribution in [0.15, 0.2) is 30.3 Å². The fraction of sp³-hybridized carbons (Fsp3) is 0.273. The molecule has 0 radical (unpaired) electrons. The molecule has 0 aliphatic carbocycles. The number of benzene rings is 1. The standard InChI is InChI=1S/C11H11NO/c1-2-4-11-8(3-1)5-9(12-11)6-10-7-13-10/h1-5,10,12H,6-7H2. The van der Waals surface area contributed by atoms with Crippen LogP contribution in [0.1, 0.15) is 5.69 Å². The van der Waals surface area contributed by atoms with E-state index < -0.39 is 0 Å². The second kappa shape index (κ2) is 2.60. The van der Waals surface area contributed by atoms with Crippen molar-refractivity contribution in [3.8, 4) is 0 Å². The summed E-state index contributed by atoms with van der Waals surface area (Å²) in [7, 11) is 0. The summed E-state index contributed by atoms with van der Waals surface area (Å²) in [5, 5.41) is 1.29. The zero-order valence-corrected chi connectivity index (χ0v) is 7.29. The Balaban J connectivity index is 2.00. The third-order valence-electron chi connectivity index (χ3n) is 2.44. The molecule has 1 aliphatic heterocycles. The van der Waals surface area contributed by atoms with Crippen molar-refractivity contribution in [2.24, 2.45) is 0 Å². The third-order valence-corrected chi connectivity index (χ3v) is 2.44. The third kappa shape index (κ3) is 1.33. The Hall–Kier alpha value is -1.28. The Kier molecular flexibility index (Phi) is 1.43. The van der Waals surface area contributed by atoms with Crippen molar-refractivity contribution in [1.29, 1.82) is 0 Å². The second-order valence-electron chi connectivity index (χ2n) is 3.54. The van der Waals surface area contributed by atoms with Gasteiger partial charge < -0.3 is 9.72 Å². The maximum absolute atomic E-state index is 5.19. The van der Waals surface area contributed by atoms with E-state index in [0.29, 0.717) is 6.10 Å². The molecule has 1 aliphatic rings. The van der Waals surface area contributed by atoms with Gasteiger partial charge in [-0.3, -0.25) is 0 Å². The number of aromatic nitrogens is 1. The quantitative estimate of drug-likeness (QED) is 0.692. The molecular weight excluding hydrogens is 162 g/mol. The summed E-state index contributed by atoms with van der Waals surface area (Å²) in [4.78, 5) is 3.39. The normalized spacial score (nSPS) is 20.8. The lowest BCUT2D eigenvalue weighted by atomic mass is 10.2. The molecule has 0 saturated carbocycles. The highest BCUT2D eigenvalue weighted by Crippen LogP contribution is 2.19. The first-order valence-corrected chi connectivity index (χ1v) is 4.60. The van der Waals surface area contributed by atoms with Crippen LogP contribution in [0.4, 0.5) is 0 Å². The first-order valence-electron chi connectivity index (χ1n) is 4.60. The summed E-state index contributed by atoms with van der Waals surface area (Å²) < 4.78 is 5.19. The molecule has 2 heteroatoms. The second-order valence-corrected chi connectivity index (χ2v) is 3.54. The molecule has 2 nitrogen and oxygen atoms in total. The molecule has 1 saturated heterocycles. The van der Waals surface area contributed by atoms with Gasteiger partial charge in [0.1, 0.15) is 0 Å². The Morgan fingerprint density at radius 3 is 3.00 bits per heavy atom. The molecule has 66 valence electrons. The van der Waals surface area contributed by atoms with Crippen molar-refractivity contribution < 1.29 is 4.74 Å². The lowest BCUT2D eigenvalue weighted by Gasteiger charge is -1.89. The number of aromatic amines is 1. The molecule has 1 aromatic carbocycles. The van der Waals surface area contributed by atoms with Crippen LogP contribution in [0.5, 0.6) is 0 Å². The molecule has 0 amide bonds. The van der Waals surface area contributed by atoms with Crippen LogP contribution in [0.25, 0.3) is 10.9 Å². The minimum absolute atomic E-state index is 0.466. The molecule has 0 bridgehead atoms. The Bertz CT molecular complexity index is 395. The molecular formula is C11H11NO. The van der Waals surface area contributed by atoms with Crippen molar-refractivity contribution in [3.05, 3.63) is 36.0 Å². The molecule has 0 spiro atoms. The summed E-state index contributed by atoms with van der Waals surface area (Å²) >= 11 is 0. The fourth-order valence-electron chi connectivity index (χ4n) is 1.67. The maximum atomic E-state index is 5.19. The summed E-state index contributed by atoms with van der Waals surface area (Å²) in [6.07, 6.45) is 1.49. The summed E-state index contributed by atoms with van der Waals surface area (Å²) in [6, 6.07) is 10.6.